The third-order valence-corrected chi connectivity index (χ3v) is 4.36. The summed E-state index contributed by atoms with van der Waals surface area (Å²) in [6.45, 7) is 5.27. The van der Waals surface area contributed by atoms with Crippen LogP contribution in [0.4, 0.5) is 13.6 Å². The van der Waals surface area contributed by atoms with Crippen molar-refractivity contribution in [2.45, 2.75) is 57.9 Å². The van der Waals surface area contributed by atoms with Gasteiger partial charge in [-0.1, -0.05) is 6.07 Å². The van der Waals surface area contributed by atoms with Gasteiger partial charge in [0.25, 0.3) is 0 Å². The van der Waals surface area contributed by atoms with E-state index in [0.717, 1.165) is 6.07 Å². The fourth-order valence-electron chi connectivity index (χ4n) is 3.03. The summed E-state index contributed by atoms with van der Waals surface area (Å²) in [5.74, 6) is -0.976. The highest BCUT2D eigenvalue weighted by atomic mass is 19.2. The molecule has 1 N–H and O–H groups in total. The second kappa shape index (κ2) is 7.31. The molecule has 27 heavy (non-hydrogen) atoms. The average molecular weight is 379 g/mol. The number of furan rings is 1. The predicted molar refractivity (Wildman–Crippen MR) is 93.9 cm³/mol. The van der Waals surface area contributed by atoms with Crippen molar-refractivity contribution in [3.8, 4) is 0 Å². The largest absolute Gasteiger partial charge is 0.462 e. The number of nitrogens with zero attached hydrogens (tertiary/aromatic N) is 1. The molecule has 0 radical (unpaired) electrons. The molecule has 1 aliphatic carbocycles. The van der Waals surface area contributed by atoms with Crippen LogP contribution in [0, 0.1) is 11.6 Å². The van der Waals surface area contributed by atoms with Crippen molar-refractivity contribution in [1.29, 1.82) is 0 Å². The first kappa shape index (κ1) is 19.4. The third kappa shape index (κ3) is 4.66. The molecule has 1 saturated carbocycles. The van der Waals surface area contributed by atoms with E-state index in [-0.39, 0.29) is 25.1 Å². The predicted octanol–water partition coefficient (Wildman–Crippen LogP) is 4.34. The molecule has 2 atom stereocenters. The molecule has 1 amide bonds. The average Bonchev–Trinajstić information content (AvgIpc) is 3.23. The molecule has 1 aliphatic rings. The van der Waals surface area contributed by atoms with E-state index in [1.54, 1.807) is 32.9 Å². The first-order valence-electron chi connectivity index (χ1n) is 8.81. The van der Waals surface area contributed by atoms with Crippen LogP contribution in [0.3, 0.4) is 0 Å². The normalized spacial score (nSPS) is 19.0. The Morgan fingerprint density at radius 2 is 1.93 bits per heavy atom. The number of carbonyl (C=O) groups excluding carboxylic acids is 1. The Labute approximate surface area is 156 Å². The van der Waals surface area contributed by atoms with Gasteiger partial charge in [0.2, 0.25) is 0 Å². The van der Waals surface area contributed by atoms with Crippen LogP contribution in [0.1, 0.15) is 50.2 Å². The highest BCUT2D eigenvalue weighted by Crippen LogP contribution is 2.46. The van der Waals surface area contributed by atoms with Crippen LogP contribution in [0.2, 0.25) is 0 Å². The summed E-state index contributed by atoms with van der Waals surface area (Å²) in [4.78, 5) is 14.2. The van der Waals surface area contributed by atoms with Gasteiger partial charge >= 0.3 is 6.09 Å². The number of amides is 1. The molecule has 0 saturated heterocycles. The lowest BCUT2D eigenvalue weighted by atomic mass is 10.1. The number of hydrogen-bond donors (Lipinski definition) is 1. The molecular formula is C20H23F2NO4. The van der Waals surface area contributed by atoms with E-state index in [1.165, 1.54) is 17.0 Å². The van der Waals surface area contributed by atoms with Gasteiger partial charge in [-0.15, -0.1) is 0 Å². The topological polar surface area (TPSA) is 62.9 Å². The Hall–Kier alpha value is -2.41. The minimum absolute atomic E-state index is 0.0973. The smallest absolute Gasteiger partial charge is 0.410 e. The maximum absolute atomic E-state index is 13.5. The quantitative estimate of drug-likeness (QED) is 0.839. The number of carbonyl (C=O) groups is 1. The molecular weight excluding hydrogens is 356 g/mol. The molecule has 1 heterocycles. The van der Waals surface area contributed by atoms with Crippen LogP contribution in [0.5, 0.6) is 0 Å². The minimum Gasteiger partial charge on any atom is -0.462 e. The minimum atomic E-state index is -0.902. The lowest BCUT2D eigenvalue weighted by Gasteiger charge is -2.27. The van der Waals surface area contributed by atoms with Crippen LogP contribution in [-0.4, -0.2) is 27.7 Å². The first-order valence-corrected chi connectivity index (χ1v) is 8.81. The van der Waals surface area contributed by atoms with Gasteiger partial charge in [0.05, 0.1) is 6.54 Å². The zero-order valence-electron chi connectivity index (χ0n) is 15.5. The number of aliphatic hydroxyl groups excluding tert-OH is 1. The molecule has 0 bridgehead atoms. The second-order valence-electron chi connectivity index (χ2n) is 7.72. The number of hydrogen-bond acceptors (Lipinski definition) is 4. The maximum Gasteiger partial charge on any atom is 0.410 e. The lowest BCUT2D eigenvalue weighted by Crippen LogP contribution is -2.38. The summed E-state index contributed by atoms with van der Waals surface area (Å²) >= 11 is 0. The van der Waals surface area contributed by atoms with E-state index >= 15 is 0 Å². The first-order chi connectivity index (χ1) is 12.7. The van der Waals surface area contributed by atoms with Gasteiger partial charge in [-0.25, -0.2) is 13.6 Å². The van der Waals surface area contributed by atoms with Gasteiger partial charge in [-0.2, -0.15) is 0 Å². The molecule has 1 aromatic carbocycles. The van der Waals surface area contributed by atoms with Crippen LogP contribution in [0.25, 0.3) is 0 Å². The number of rotatable bonds is 5. The molecule has 2 aromatic rings. The zero-order valence-corrected chi connectivity index (χ0v) is 15.5. The van der Waals surface area contributed by atoms with Crippen molar-refractivity contribution >= 4 is 6.09 Å². The highest BCUT2D eigenvalue weighted by molar-refractivity contribution is 5.69. The van der Waals surface area contributed by atoms with Crippen molar-refractivity contribution in [2.24, 2.45) is 0 Å². The number of aliphatic hydroxyl groups is 1. The molecule has 1 fully saturated rings. The van der Waals surface area contributed by atoms with Crippen LogP contribution in [0.15, 0.2) is 34.7 Å². The molecule has 5 nitrogen and oxygen atoms in total. The van der Waals surface area contributed by atoms with Gasteiger partial charge in [-0.05, 0) is 57.0 Å². The Kier molecular flexibility index (Phi) is 5.24. The van der Waals surface area contributed by atoms with Crippen LogP contribution >= 0.6 is 0 Å². The highest BCUT2D eigenvalue weighted by Gasteiger charge is 2.46. The van der Waals surface area contributed by atoms with Gasteiger partial charge < -0.3 is 14.3 Å². The van der Waals surface area contributed by atoms with Gasteiger partial charge in [0.15, 0.2) is 11.6 Å². The van der Waals surface area contributed by atoms with Crippen LogP contribution < -0.4 is 0 Å². The summed E-state index contributed by atoms with van der Waals surface area (Å²) in [5, 5.41) is 9.14. The fourth-order valence-corrected chi connectivity index (χ4v) is 3.03. The van der Waals surface area contributed by atoms with Crippen molar-refractivity contribution in [3.63, 3.8) is 0 Å². The maximum atomic E-state index is 13.5. The van der Waals surface area contributed by atoms with E-state index in [4.69, 9.17) is 14.3 Å². The Morgan fingerprint density at radius 3 is 2.52 bits per heavy atom. The Bertz CT molecular complexity index is 828. The van der Waals surface area contributed by atoms with E-state index in [2.05, 4.69) is 0 Å². The molecule has 1 aromatic heterocycles. The molecule has 0 aliphatic heterocycles. The summed E-state index contributed by atoms with van der Waals surface area (Å²) in [5.41, 5.74) is -0.0239. The fraction of sp³-hybridized carbons (Fsp3) is 0.450. The van der Waals surface area contributed by atoms with E-state index in [1.807, 2.05) is 0 Å². The zero-order chi connectivity index (χ0) is 19.8. The monoisotopic (exact) mass is 379 g/mol. The number of halogens is 2. The van der Waals surface area contributed by atoms with Crippen molar-refractivity contribution in [3.05, 3.63) is 59.1 Å². The van der Waals surface area contributed by atoms with Crippen molar-refractivity contribution in [1.82, 2.24) is 4.90 Å². The van der Waals surface area contributed by atoms with Crippen LogP contribution in [-0.2, 0) is 17.9 Å². The summed E-state index contributed by atoms with van der Waals surface area (Å²) in [6.07, 6.45) is 0.122. The standard InChI is InChI=1S/C20H23F2NO4/c1-20(2,3)27-19(25)23(10-13-5-6-14(11-24)26-13)18-9-15(18)12-4-7-16(21)17(22)8-12/h4-8,15,18,24H,9-11H2,1-3H3/t15-,18+/m0/s1. The van der Waals surface area contributed by atoms with E-state index in [0.29, 0.717) is 23.5 Å². The summed E-state index contributed by atoms with van der Waals surface area (Å²) < 4.78 is 37.7. The lowest BCUT2D eigenvalue weighted by molar-refractivity contribution is 0.0198. The number of ether oxygens (including phenoxy) is 1. The number of benzene rings is 1. The molecule has 3 rings (SSSR count). The van der Waals surface area contributed by atoms with Crippen molar-refractivity contribution < 1.29 is 27.8 Å². The van der Waals surface area contributed by atoms with Gasteiger partial charge in [0, 0.05) is 12.0 Å². The summed E-state index contributed by atoms with van der Waals surface area (Å²) in [7, 11) is 0. The third-order valence-electron chi connectivity index (χ3n) is 4.36. The van der Waals surface area contributed by atoms with Gasteiger partial charge in [0.1, 0.15) is 23.7 Å². The Balaban J connectivity index is 1.79. The molecule has 0 unspecified atom stereocenters. The van der Waals surface area contributed by atoms with Crippen molar-refractivity contribution in [2.75, 3.05) is 0 Å². The van der Waals surface area contributed by atoms with Gasteiger partial charge in [-0.3, -0.25) is 4.90 Å². The summed E-state index contributed by atoms with van der Waals surface area (Å²) in [6, 6.07) is 6.93. The Morgan fingerprint density at radius 1 is 1.22 bits per heavy atom. The molecule has 0 spiro atoms. The molecule has 146 valence electrons. The van der Waals surface area contributed by atoms with E-state index < -0.39 is 23.3 Å². The van der Waals surface area contributed by atoms with E-state index in [9.17, 15) is 13.6 Å². The molecule has 7 heteroatoms. The SMILES string of the molecule is CC(C)(C)OC(=O)N(Cc1ccc(CO)o1)[C@@H]1C[C@H]1c1ccc(F)c(F)c1. The second-order valence-corrected chi connectivity index (χ2v) is 7.72.